The predicted molar refractivity (Wildman–Crippen MR) is 88.8 cm³/mol. The van der Waals surface area contributed by atoms with E-state index in [4.69, 9.17) is 4.74 Å². The second kappa shape index (κ2) is 6.93. The van der Waals surface area contributed by atoms with Crippen LogP contribution in [0.4, 0.5) is 0 Å². The third-order valence-electron chi connectivity index (χ3n) is 3.88. The number of amides is 1. The molecule has 0 aromatic heterocycles. The van der Waals surface area contributed by atoms with Crippen molar-refractivity contribution in [2.75, 3.05) is 18.4 Å². The van der Waals surface area contributed by atoms with E-state index in [0.29, 0.717) is 19.5 Å². The second-order valence-corrected chi connectivity index (χ2v) is 7.00. The number of aryl methyl sites for hydroxylation is 2. The molecule has 4 heteroatoms. The Morgan fingerprint density at radius 1 is 1.43 bits per heavy atom. The van der Waals surface area contributed by atoms with Crippen LogP contribution in [0.3, 0.4) is 0 Å². The number of morpholine rings is 1. The van der Waals surface area contributed by atoms with Crippen molar-refractivity contribution in [3.63, 3.8) is 0 Å². The smallest absolute Gasteiger partial charge is 0.223 e. The molecule has 1 fully saturated rings. The number of benzene rings is 1. The highest BCUT2D eigenvalue weighted by Gasteiger charge is 2.34. The van der Waals surface area contributed by atoms with Crippen LogP contribution < -0.4 is 0 Å². The van der Waals surface area contributed by atoms with Crippen LogP contribution in [0.1, 0.15) is 31.4 Å². The maximum atomic E-state index is 12.5. The first kappa shape index (κ1) is 16.5. The van der Waals surface area contributed by atoms with E-state index in [0.717, 1.165) is 11.8 Å². The lowest BCUT2D eigenvalue weighted by atomic mass is 10.0. The van der Waals surface area contributed by atoms with E-state index in [1.807, 2.05) is 30.9 Å². The van der Waals surface area contributed by atoms with Crippen LogP contribution in [0.5, 0.6) is 0 Å². The molecule has 1 amide bonds. The zero-order valence-electron chi connectivity index (χ0n) is 13.1. The molecule has 1 aliphatic heterocycles. The molecule has 1 saturated heterocycles. The summed E-state index contributed by atoms with van der Waals surface area (Å²) in [7, 11) is 0. The number of carbonyl (C=O) groups excluding carboxylic acids is 1. The molecule has 1 aromatic rings. The van der Waals surface area contributed by atoms with Crippen LogP contribution in [0, 0.1) is 6.92 Å². The van der Waals surface area contributed by atoms with Crippen LogP contribution in [0.25, 0.3) is 0 Å². The third-order valence-corrected chi connectivity index (χ3v) is 4.60. The van der Waals surface area contributed by atoms with Gasteiger partial charge >= 0.3 is 0 Å². The van der Waals surface area contributed by atoms with Crippen LogP contribution in [0.15, 0.2) is 24.3 Å². The van der Waals surface area contributed by atoms with E-state index in [1.165, 1.54) is 11.1 Å². The van der Waals surface area contributed by atoms with Crippen molar-refractivity contribution in [3.05, 3.63) is 35.4 Å². The SMILES string of the molecule is Cc1ccccc1CCC(=O)N1CC(CBr)OC(C)(C)C1. The van der Waals surface area contributed by atoms with Crippen LogP contribution in [-0.4, -0.2) is 40.9 Å². The highest BCUT2D eigenvalue weighted by Crippen LogP contribution is 2.23. The van der Waals surface area contributed by atoms with Gasteiger partial charge in [-0.25, -0.2) is 0 Å². The highest BCUT2D eigenvalue weighted by atomic mass is 79.9. The molecule has 21 heavy (non-hydrogen) atoms. The molecule has 0 N–H and O–H groups in total. The minimum absolute atomic E-state index is 0.0798. The molecular formula is C17H24BrNO2. The number of rotatable bonds is 4. The lowest BCUT2D eigenvalue weighted by molar-refractivity contribution is -0.157. The summed E-state index contributed by atoms with van der Waals surface area (Å²) in [4.78, 5) is 14.4. The van der Waals surface area contributed by atoms with Gasteiger partial charge in [-0.05, 0) is 38.3 Å². The Morgan fingerprint density at radius 2 is 2.14 bits per heavy atom. The van der Waals surface area contributed by atoms with Crippen LogP contribution in [0.2, 0.25) is 0 Å². The topological polar surface area (TPSA) is 29.5 Å². The van der Waals surface area contributed by atoms with Crippen LogP contribution in [-0.2, 0) is 16.0 Å². The summed E-state index contributed by atoms with van der Waals surface area (Å²) in [5, 5.41) is 0.762. The van der Waals surface area contributed by atoms with Crippen molar-refractivity contribution in [3.8, 4) is 0 Å². The van der Waals surface area contributed by atoms with E-state index in [9.17, 15) is 4.79 Å². The minimum atomic E-state index is -0.269. The molecule has 1 unspecified atom stereocenters. The lowest BCUT2D eigenvalue weighted by Crippen LogP contribution is -2.55. The quantitative estimate of drug-likeness (QED) is 0.777. The first-order valence-electron chi connectivity index (χ1n) is 7.47. The second-order valence-electron chi connectivity index (χ2n) is 6.35. The van der Waals surface area contributed by atoms with Gasteiger partial charge < -0.3 is 9.64 Å². The standard InChI is InChI=1S/C17H24BrNO2/c1-13-6-4-5-7-14(13)8-9-16(20)19-11-15(10-18)21-17(2,3)12-19/h4-7,15H,8-12H2,1-3H3. The van der Waals surface area contributed by atoms with Gasteiger partial charge in [0.05, 0.1) is 11.7 Å². The average molecular weight is 354 g/mol. The van der Waals surface area contributed by atoms with Gasteiger partial charge in [0.2, 0.25) is 5.91 Å². The number of hydrogen-bond acceptors (Lipinski definition) is 2. The fourth-order valence-corrected chi connectivity index (χ4v) is 3.19. The summed E-state index contributed by atoms with van der Waals surface area (Å²) >= 11 is 3.46. The normalized spacial score (nSPS) is 21.3. The Bertz CT molecular complexity index is 501. The molecule has 2 rings (SSSR count). The summed E-state index contributed by atoms with van der Waals surface area (Å²) < 4.78 is 5.94. The number of alkyl halides is 1. The number of ether oxygens (including phenoxy) is 1. The zero-order valence-corrected chi connectivity index (χ0v) is 14.6. The van der Waals surface area contributed by atoms with Crippen molar-refractivity contribution >= 4 is 21.8 Å². The monoisotopic (exact) mass is 353 g/mol. The van der Waals surface area contributed by atoms with Crippen molar-refractivity contribution in [2.24, 2.45) is 0 Å². The zero-order chi connectivity index (χ0) is 15.5. The van der Waals surface area contributed by atoms with Gasteiger partial charge in [-0.15, -0.1) is 0 Å². The molecular weight excluding hydrogens is 330 g/mol. The third kappa shape index (κ3) is 4.55. The number of hydrogen-bond donors (Lipinski definition) is 0. The molecule has 116 valence electrons. The maximum absolute atomic E-state index is 12.5. The van der Waals surface area contributed by atoms with Gasteiger partial charge in [-0.1, -0.05) is 40.2 Å². The molecule has 0 radical (unpaired) electrons. The van der Waals surface area contributed by atoms with E-state index < -0.39 is 0 Å². The van der Waals surface area contributed by atoms with E-state index in [-0.39, 0.29) is 17.6 Å². The Morgan fingerprint density at radius 3 is 2.81 bits per heavy atom. The summed E-state index contributed by atoms with van der Waals surface area (Å²) in [6.45, 7) is 7.54. The fourth-order valence-electron chi connectivity index (χ4n) is 2.86. The van der Waals surface area contributed by atoms with Crippen molar-refractivity contribution in [2.45, 2.75) is 45.3 Å². The number of halogens is 1. The molecule has 1 atom stereocenters. The number of carbonyl (C=O) groups is 1. The van der Waals surface area contributed by atoms with Gasteiger partial charge in [-0.2, -0.15) is 0 Å². The fraction of sp³-hybridized carbons (Fsp3) is 0.588. The largest absolute Gasteiger partial charge is 0.368 e. The molecule has 0 saturated carbocycles. The molecule has 0 bridgehead atoms. The molecule has 0 spiro atoms. The van der Waals surface area contributed by atoms with E-state index in [2.05, 4.69) is 35.0 Å². The average Bonchev–Trinajstić information content (AvgIpc) is 2.44. The van der Waals surface area contributed by atoms with E-state index in [1.54, 1.807) is 0 Å². The predicted octanol–water partition coefficient (Wildman–Crippen LogP) is 3.33. The Balaban J connectivity index is 1.95. The molecule has 0 aliphatic carbocycles. The molecule has 3 nitrogen and oxygen atoms in total. The number of nitrogens with zero attached hydrogens (tertiary/aromatic N) is 1. The highest BCUT2D eigenvalue weighted by molar-refractivity contribution is 9.09. The summed E-state index contributed by atoms with van der Waals surface area (Å²) in [6, 6.07) is 8.27. The van der Waals surface area contributed by atoms with Gasteiger partial charge in [-0.3, -0.25) is 4.79 Å². The maximum Gasteiger partial charge on any atom is 0.223 e. The molecule has 1 heterocycles. The molecule has 1 aliphatic rings. The Hall–Kier alpha value is -0.870. The van der Waals surface area contributed by atoms with Gasteiger partial charge in [0.15, 0.2) is 0 Å². The van der Waals surface area contributed by atoms with Gasteiger partial charge in [0.1, 0.15) is 0 Å². The lowest BCUT2D eigenvalue weighted by Gasteiger charge is -2.42. The summed E-state index contributed by atoms with van der Waals surface area (Å²) in [6.07, 6.45) is 1.45. The first-order chi connectivity index (χ1) is 9.91. The van der Waals surface area contributed by atoms with E-state index >= 15 is 0 Å². The summed E-state index contributed by atoms with van der Waals surface area (Å²) in [5.41, 5.74) is 2.25. The van der Waals surface area contributed by atoms with Crippen molar-refractivity contribution in [1.82, 2.24) is 4.90 Å². The summed E-state index contributed by atoms with van der Waals surface area (Å²) in [5.74, 6) is 0.223. The Kier molecular flexibility index (Phi) is 5.44. The molecule has 1 aromatic carbocycles. The van der Waals surface area contributed by atoms with Crippen molar-refractivity contribution < 1.29 is 9.53 Å². The van der Waals surface area contributed by atoms with Crippen LogP contribution >= 0.6 is 15.9 Å². The Labute approximate surface area is 135 Å². The first-order valence-corrected chi connectivity index (χ1v) is 8.59. The van der Waals surface area contributed by atoms with Crippen molar-refractivity contribution in [1.29, 1.82) is 0 Å². The minimum Gasteiger partial charge on any atom is -0.368 e. The van der Waals surface area contributed by atoms with Gasteiger partial charge in [0, 0.05) is 24.8 Å². The van der Waals surface area contributed by atoms with Gasteiger partial charge in [0.25, 0.3) is 0 Å².